The maximum Gasteiger partial charge on any atom is 0.308 e. The van der Waals surface area contributed by atoms with Crippen LogP contribution in [-0.2, 0) is 14.8 Å². The summed E-state index contributed by atoms with van der Waals surface area (Å²) in [6.45, 7) is 1.06. The summed E-state index contributed by atoms with van der Waals surface area (Å²) in [6.07, 6.45) is 0.313. The van der Waals surface area contributed by atoms with Crippen molar-refractivity contribution in [3.05, 3.63) is 29.0 Å². The van der Waals surface area contributed by atoms with E-state index in [9.17, 15) is 22.7 Å². The van der Waals surface area contributed by atoms with Gasteiger partial charge in [-0.2, -0.15) is 0 Å². The van der Waals surface area contributed by atoms with Crippen LogP contribution in [0.1, 0.15) is 13.3 Å². The number of hydrogen-bond acceptors (Lipinski definition) is 6. The van der Waals surface area contributed by atoms with Gasteiger partial charge in [-0.1, -0.05) is 27.5 Å². The summed E-state index contributed by atoms with van der Waals surface area (Å²) in [5.41, 5.74) is -0.0384. The molecule has 2 rings (SSSR count). The zero-order chi connectivity index (χ0) is 19.5. The first-order chi connectivity index (χ1) is 12.1. The minimum absolute atomic E-state index is 0.0384. The number of carbonyl (C=O) groups excluding carboxylic acids is 1. The van der Waals surface area contributed by atoms with Crippen molar-refractivity contribution in [1.29, 1.82) is 0 Å². The van der Waals surface area contributed by atoms with Gasteiger partial charge in [0.2, 0.25) is 21.5 Å². The van der Waals surface area contributed by atoms with Crippen LogP contribution < -0.4 is 9.46 Å². The average Bonchev–Trinajstić information content (AvgIpc) is 2.83. The van der Waals surface area contributed by atoms with Crippen LogP contribution in [0, 0.1) is 5.82 Å². The molecule has 26 heavy (non-hydrogen) atoms. The lowest BCUT2D eigenvalue weighted by molar-refractivity contribution is -0.131. The first-order valence-corrected chi connectivity index (χ1v) is 10.4. The number of alkyl halides is 1. The number of sulfonamides is 1. The standard InChI is InChI=1S/C15H14BrClFNO6S/c1-8(20)24-14-12(21)13(10-7-9(18)3-4-11(10)17)25-15(14)19-26(22,23)6-2-5-16/h3-4,7,19,21H,2,5-6H2,1H3. The van der Waals surface area contributed by atoms with Gasteiger partial charge >= 0.3 is 5.97 Å². The van der Waals surface area contributed by atoms with Gasteiger partial charge in [-0.25, -0.2) is 17.5 Å². The maximum atomic E-state index is 13.5. The molecule has 0 amide bonds. The molecular formula is C15H14BrClFNO6S. The molecule has 0 aliphatic heterocycles. The number of nitrogens with one attached hydrogen (secondary N) is 1. The number of halogens is 3. The highest BCUT2D eigenvalue weighted by molar-refractivity contribution is 9.09. The molecule has 1 aromatic carbocycles. The summed E-state index contributed by atoms with van der Waals surface area (Å²) < 4.78 is 49.9. The molecule has 11 heteroatoms. The summed E-state index contributed by atoms with van der Waals surface area (Å²) in [5.74, 6) is -3.80. The van der Waals surface area contributed by atoms with Gasteiger partial charge < -0.3 is 14.3 Å². The number of anilines is 1. The fraction of sp³-hybridized carbons (Fsp3) is 0.267. The second kappa shape index (κ2) is 8.28. The molecule has 0 atom stereocenters. The molecule has 0 aliphatic rings. The van der Waals surface area contributed by atoms with Gasteiger partial charge in [0.05, 0.1) is 10.8 Å². The van der Waals surface area contributed by atoms with Crippen LogP contribution in [0.2, 0.25) is 5.02 Å². The van der Waals surface area contributed by atoms with E-state index in [0.717, 1.165) is 19.1 Å². The van der Waals surface area contributed by atoms with Gasteiger partial charge in [0.25, 0.3) is 5.88 Å². The second-order valence-electron chi connectivity index (χ2n) is 5.12. The Bertz CT molecular complexity index is 930. The molecular weight excluding hydrogens is 457 g/mol. The molecule has 142 valence electrons. The van der Waals surface area contributed by atoms with E-state index in [-0.39, 0.29) is 22.1 Å². The molecule has 0 fully saturated rings. The smallest absolute Gasteiger partial charge is 0.308 e. The Kier molecular flexibility index (Phi) is 6.53. The molecule has 0 saturated heterocycles. The van der Waals surface area contributed by atoms with Gasteiger partial charge in [-0.3, -0.25) is 4.79 Å². The van der Waals surface area contributed by atoms with Crippen molar-refractivity contribution >= 4 is 49.4 Å². The van der Waals surface area contributed by atoms with E-state index < -0.39 is 39.2 Å². The third-order valence-corrected chi connectivity index (χ3v) is 5.27. The lowest BCUT2D eigenvalue weighted by Gasteiger charge is -2.06. The van der Waals surface area contributed by atoms with Crippen LogP contribution in [0.5, 0.6) is 11.5 Å². The van der Waals surface area contributed by atoms with Gasteiger partial charge in [0.1, 0.15) is 5.82 Å². The van der Waals surface area contributed by atoms with E-state index >= 15 is 0 Å². The largest absolute Gasteiger partial charge is 0.502 e. The van der Waals surface area contributed by atoms with Crippen LogP contribution in [0.3, 0.4) is 0 Å². The van der Waals surface area contributed by atoms with Crippen molar-refractivity contribution in [2.45, 2.75) is 13.3 Å². The fourth-order valence-corrected chi connectivity index (χ4v) is 3.90. The van der Waals surface area contributed by atoms with Crippen molar-refractivity contribution in [1.82, 2.24) is 0 Å². The number of carbonyl (C=O) groups is 1. The van der Waals surface area contributed by atoms with Crippen molar-refractivity contribution in [2.24, 2.45) is 0 Å². The highest BCUT2D eigenvalue weighted by Crippen LogP contribution is 2.48. The number of esters is 1. The normalized spacial score (nSPS) is 11.4. The summed E-state index contributed by atoms with van der Waals surface area (Å²) in [7, 11) is -3.84. The first kappa shape index (κ1) is 20.5. The lowest BCUT2D eigenvalue weighted by Crippen LogP contribution is -2.17. The Morgan fingerprint density at radius 1 is 1.46 bits per heavy atom. The van der Waals surface area contributed by atoms with Crippen molar-refractivity contribution < 1.29 is 31.9 Å². The Hall–Kier alpha value is -1.78. The number of benzene rings is 1. The molecule has 0 spiro atoms. The summed E-state index contributed by atoms with van der Waals surface area (Å²) in [4.78, 5) is 11.3. The monoisotopic (exact) mass is 469 g/mol. The predicted molar refractivity (Wildman–Crippen MR) is 97.9 cm³/mol. The molecule has 0 bridgehead atoms. The van der Waals surface area contributed by atoms with E-state index in [1.54, 1.807) is 0 Å². The highest BCUT2D eigenvalue weighted by atomic mass is 79.9. The average molecular weight is 471 g/mol. The second-order valence-corrected chi connectivity index (χ2v) is 8.16. The number of hydrogen-bond donors (Lipinski definition) is 2. The molecule has 7 nitrogen and oxygen atoms in total. The SMILES string of the molecule is CC(=O)Oc1c(NS(=O)(=O)CCCBr)oc(-c2cc(F)ccc2Cl)c1O. The Labute approximate surface area is 162 Å². The molecule has 0 radical (unpaired) electrons. The molecule has 1 aromatic heterocycles. The van der Waals surface area contributed by atoms with E-state index in [0.29, 0.717) is 11.8 Å². The molecule has 2 N–H and O–H groups in total. The van der Waals surface area contributed by atoms with Crippen molar-refractivity contribution in [2.75, 3.05) is 15.8 Å². The lowest BCUT2D eigenvalue weighted by atomic mass is 10.1. The number of ether oxygens (including phenoxy) is 1. The van der Waals surface area contributed by atoms with E-state index in [2.05, 4.69) is 20.7 Å². The van der Waals surface area contributed by atoms with Gasteiger partial charge in [0.15, 0.2) is 5.76 Å². The minimum Gasteiger partial charge on any atom is -0.502 e. The zero-order valence-electron chi connectivity index (χ0n) is 13.4. The predicted octanol–water partition coefficient (Wildman–Crippen LogP) is 3.90. The van der Waals surface area contributed by atoms with Crippen molar-refractivity contribution in [3.8, 4) is 22.8 Å². The molecule has 0 unspecified atom stereocenters. The van der Waals surface area contributed by atoms with Crippen LogP contribution in [-0.4, -0.2) is 30.6 Å². The topological polar surface area (TPSA) is 106 Å². The Morgan fingerprint density at radius 2 is 2.15 bits per heavy atom. The van der Waals surface area contributed by atoms with Crippen LogP contribution in [0.15, 0.2) is 22.6 Å². The minimum atomic E-state index is -3.84. The number of aromatic hydroxyl groups is 1. The summed E-state index contributed by atoms with van der Waals surface area (Å²) in [5, 5.41) is 10.8. The Balaban J connectivity index is 2.54. The molecule has 1 heterocycles. The quantitative estimate of drug-likeness (QED) is 0.470. The Morgan fingerprint density at radius 3 is 2.77 bits per heavy atom. The van der Waals surface area contributed by atoms with Gasteiger partial charge in [-0.15, -0.1) is 0 Å². The van der Waals surface area contributed by atoms with E-state index in [1.165, 1.54) is 6.07 Å². The summed E-state index contributed by atoms with van der Waals surface area (Å²) in [6, 6.07) is 3.32. The van der Waals surface area contributed by atoms with Crippen LogP contribution >= 0.6 is 27.5 Å². The first-order valence-electron chi connectivity index (χ1n) is 7.20. The third-order valence-electron chi connectivity index (χ3n) is 3.05. The summed E-state index contributed by atoms with van der Waals surface area (Å²) >= 11 is 9.10. The molecule has 0 aliphatic carbocycles. The van der Waals surface area contributed by atoms with Gasteiger partial charge in [0, 0.05) is 17.8 Å². The molecule has 0 saturated carbocycles. The number of furan rings is 1. The molecule has 2 aromatic rings. The van der Waals surface area contributed by atoms with Crippen LogP contribution in [0.25, 0.3) is 11.3 Å². The fourth-order valence-electron chi connectivity index (χ4n) is 2.00. The van der Waals surface area contributed by atoms with Gasteiger partial charge in [-0.05, 0) is 24.6 Å². The third kappa shape index (κ3) is 4.89. The number of rotatable bonds is 7. The highest BCUT2D eigenvalue weighted by Gasteiger charge is 2.28. The zero-order valence-corrected chi connectivity index (χ0v) is 16.5. The maximum absolute atomic E-state index is 13.5. The van der Waals surface area contributed by atoms with E-state index in [4.69, 9.17) is 20.8 Å². The van der Waals surface area contributed by atoms with Crippen molar-refractivity contribution in [3.63, 3.8) is 0 Å². The van der Waals surface area contributed by atoms with E-state index in [1.807, 2.05) is 0 Å². The van der Waals surface area contributed by atoms with Crippen LogP contribution in [0.4, 0.5) is 10.3 Å².